The second-order valence-electron chi connectivity index (χ2n) is 5.96. The number of methoxy groups -OCH3 is 1. The standard InChI is InChI=1S/C16H24N2O4S/c1-18(2)23(20,21)15-11-12(9-10-14(15)22-3)16(19)17-13-7-5-4-6-8-13/h9-11,13H,4-8H2,1-3H3,(H,17,19). The molecule has 0 saturated heterocycles. The lowest BCUT2D eigenvalue weighted by Gasteiger charge is -2.23. The van der Waals surface area contributed by atoms with Crippen molar-refractivity contribution < 1.29 is 17.9 Å². The van der Waals surface area contributed by atoms with Gasteiger partial charge < -0.3 is 10.1 Å². The van der Waals surface area contributed by atoms with E-state index in [-0.39, 0.29) is 22.6 Å². The summed E-state index contributed by atoms with van der Waals surface area (Å²) in [4.78, 5) is 12.4. The molecule has 0 radical (unpaired) electrons. The molecular formula is C16H24N2O4S. The molecule has 0 unspecified atom stereocenters. The van der Waals surface area contributed by atoms with Gasteiger partial charge in [-0.2, -0.15) is 0 Å². The highest BCUT2D eigenvalue weighted by atomic mass is 32.2. The zero-order valence-electron chi connectivity index (χ0n) is 13.8. The molecule has 23 heavy (non-hydrogen) atoms. The SMILES string of the molecule is COc1ccc(C(=O)NC2CCCCC2)cc1S(=O)(=O)N(C)C. The van der Waals surface area contributed by atoms with Crippen LogP contribution in [0, 0.1) is 0 Å². The average Bonchev–Trinajstić information content (AvgIpc) is 2.55. The predicted octanol–water partition coefficient (Wildman–Crippen LogP) is 2.01. The summed E-state index contributed by atoms with van der Waals surface area (Å²) in [6.07, 6.45) is 5.40. The lowest BCUT2D eigenvalue weighted by atomic mass is 9.95. The summed E-state index contributed by atoms with van der Waals surface area (Å²) in [5, 5.41) is 2.99. The first-order chi connectivity index (χ1) is 10.9. The predicted molar refractivity (Wildman–Crippen MR) is 88.2 cm³/mol. The van der Waals surface area contributed by atoms with Gasteiger partial charge in [-0.3, -0.25) is 4.79 Å². The molecule has 1 fully saturated rings. The maximum absolute atomic E-state index is 12.4. The van der Waals surface area contributed by atoms with Crippen LogP contribution in [0.1, 0.15) is 42.5 Å². The summed E-state index contributed by atoms with van der Waals surface area (Å²) in [5.41, 5.74) is 0.330. The first kappa shape index (κ1) is 17.7. The first-order valence-corrected chi connectivity index (χ1v) is 9.21. The molecule has 6 nitrogen and oxygen atoms in total. The molecule has 1 aromatic carbocycles. The summed E-state index contributed by atoms with van der Waals surface area (Å²) in [7, 11) is 0.624. The molecule has 1 saturated carbocycles. The number of nitrogens with one attached hydrogen (secondary N) is 1. The topological polar surface area (TPSA) is 75.7 Å². The lowest BCUT2D eigenvalue weighted by molar-refractivity contribution is 0.0927. The Morgan fingerprint density at radius 2 is 1.87 bits per heavy atom. The summed E-state index contributed by atoms with van der Waals surface area (Å²) in [6, 6.07) is 4.66. The van der Waals surface area contributed by atoms with Gasteiger partial charge >= 0.3 is 0 Å². The smallest absolute Gasteiger partial charge is 0.251 e. The number of carbonyl (C=O) groups is 1. The van der Waals surface area contributed by atoms with E-state index in [0.29, 0.717) is 5.56 Å². The lowest BCUT2D eigenvalue weighted by Crippen LogP contribution is -2.36. The third-order valence-corrected chi connectivity index (χ3v) is 5.96. The van der Waals surface area contributed by atoms with Crippen LogP contribution in [0.4, 0.5) is 0 Å². The quantitative estimate of drug-likeness (QED) is 0.889. The van der Waals surface area contributed by atoms with Crippen molar-refractivity contribution in [2.24, 2.45) is 0 Å². The summed E-state index contributed by atoms with van der Waals surface area (Å²) in [6.45, 7) is 0. The van der Waals surface area contributed by atoms with E-state index in [4.69, 9.17) is 4.74 Å². The second kappa shape index (κ2) is 7.31. The molecular weight excluding hydrogens is 316 g/mol. The number of benzene rings is 1. The minimum Gasteiger partial charge on any atom is -0.495 e. The third-order valence-electron chi connectivity index (χ3n) is 4.12. The van der Waals surface area contributed by atoms with E-state index in [1.807, 2.05) is 0 Å². The third kappa shape index (κ3) is 4.03. The largest absolute Gasteiger partial charge is 0.495 e. The first-order valence-electron chi connectivity index (χ1n) is 7.77. The Morgan fingerprint density at radius 3 is 2.43 bits per heavy atom. The van der Waals surface area contributed by atoms with Crippen LogP contribution in [0.5, 0.6) is 5.75 Å². The molecule has 0 atom stereocenters. The summed E-state index contributed by atoms with van der Waals surface area (Å²) < 4.78 is 31.0. The monoisotopic (exact) mass is 340 g/mol. The number of hydrogen-bond donors (Lipinski definition) is 1. The molecule has 0 aromatic heterocycles. The molecule has 7 heteroatoms. The molecule has 1 aliphatic carbocycles. The van der Waals surface area contributed by atoms with E-state index in [1.165, 1.54) is 39.8 Å². The Morgan fingerprint density at radius 1 is 1.22 bits per heavy atom. The van der Waals surface area contributed by atoms with Gasteiger partial charge in [0.25, 0.3) is 5.91 Å². The van der Waals surface area contributed by atoms with Gasteiger partial charge in [-0.1, -0.05) is 19.3 Å². The van der Waals surface area contributed by atoms with Crippen LogP contribution < -0.4 is 10.1 Å². The number of ether oxygens (including phenoxy) is 1. The van der Waals surface area contributed by atoms with Crippen molar-refractivity contribution in [1.82, 2.24) is 9.62 Å². The molecule has 1 amide bonds. The highest BCUT2D eigenvalue weighted by Crippen LogP contribution is 2.27. The normalized spacial score (nSPS) is 16.3. The fraction of sp³-hybridized carbons (Fsp3) is 0.562. The van der Waals surface area contributed by atoms with Crippen LogP contribution in [0.25, 0.3) is 0 Å². The van der Waals surface area contributed by atoms with Crippen molar-refractivity contribution in [3.63, 3.8) is 0 Å². The molecule has 1 aromatic rings. The van der Waals surface area contributed by atoms with Gasteiger partial charge in [0.05, 0.1) is 7.11 Å². The molecule has 1 aliphatic rings. The number of sulfonamides is 1. The van der Waals surface area contributed by atoms with E-state index >= 15 is 0 Å². The highest BCUT2D eigenvalue weighted by Gasteiger charge is 2.24. The molecule has 0 bridgehead atoms. The van der Waals surface area contributed by atoms with Gasteiger partial charge in [0.2, 0.25) is 10.0 Å². The minimum atomic E-state index is -3.68. The van der Waals surface area contributed by atoms with Crippen molar-refractivity contribution in [2.45, 2.75) is 43.0 Å². The van der Waals surface area contributed by atoms with Crippen molar-refractivity contribution >= 4 is 15.9 Å². The van der Waals surface area contributed by atoms with E-state index in [1.54, 1.807) is 6.07 Å². The second-order valence-corrected chi connectivity index (χ2v) is 8.08. The van der Waals surface area contributed by atoms with E-state index in [2.05, 4.69) is 5.32 Å². The maximum Gasteiger partial charge on any atom is 0.251 e. The Labute approximate surface area is 137 Å². The Hall–Kier alpha value is -1.60. The molecule has 0 aliphatic heterocycles. The van der Waals surface area contributed by atoms with Crippen molar-refractivity contribution in [3.05, 3.63) is 23.8 Å². The fourth-order valence-corrected chi connectivity index (χ4v) is 3.81. The molecule has 0 heterocycles. The Bertz CT molecular complexity index is 665. The molecule has 128 valence electrons. The van der Waals surface area contributed by atoms with E-state index in [9.17, 15) is 13.2 Å². The average molecular weight is 340 g/mol. The molecule has 2 rings (SSSR count). The fourth-order valence-electron chi connectivity index (χ4n) is 2.73. The van der Waals surface area contributed by atoms with Crippen LogP contribution in [-0.4, -0.2) is 45.9 Å². The van der Waals surface area contributed by atoms with Gasteiger partial charge in [0, 0.05) is 25.7 Å². The number of rotatable bonds is 5. The van der Waals surface area contributed by atoms with Crippen molar-refractivity contribution in [3.8, 4) is 5.75 Å². The summed E-state index contributed by atoms with van der Waals surface area (Å²) >= 11 is 0. The zero-order valence-corrected chi connectivity index (χ0v) is 14.6. The van der Waals surface area contributed by atoms with Crippen LogP contribution in [0.15, 0.2) is 23.1 Å². The van der Waals surface area contributed by atoms with E-state index in [0.717, 1.165) is 30.0 Å². The zero-order chi connectivity index (χ0) is 17.0. The van der Waals surface area contributed by atoms with Crippen molar-refractivity contribution in [2.75, 3.05) is 21.2 Å². The van der Waals surface area contributed by atoms with Gasteiger partial charge in [0.15, 0.2) is 0 Å². The Balaban J connectivity index is 2.28. The summed E-state index contributed by atoms with van der Waals surface area (Å²) in [5.74, 6) is -0.0114. The maximum atomic E-state index is 12.4. The van der Waals surface area contributed by atoms with Gasteiger partial charge in [-0.05, 0) is 31.0 Å². The van der Waals surface area contributed by atoms with E-state index < -0.39 is 10.0 Å². The number of hydrogen-bond acceptors (Lipinski definition) is 4. The van der Waals surface area contributed by atoms with Crippen LogP contribution >= 0.6 is 0 Å². The van der Waals surface area contributed by atoms with Gasteiger partial charge in [0.1, 0.15) is 10.6 Å². The highest BCUT2D eigenvalue weighted by molar-refractivity contribution is 7.89. The van der Waals surface area contributed by atoms with Gasteiger partial charge in [-0.15, -0.1) is 0 Å². The molecule has 1 N–H and O–H groups in total. The van der Waals surface area contributed by atoms with Crippen molar-refractivity contribution in [1.29, 1.82) is 0 Å². The number of amides is 1. The number of carbonyl (C=O) groups excluding carboxylic acids is 1. The van der Waals surface area contributed by atoms with Crippen LogP contribution in [-0.2, 0) is 10.0 Å². The number of nitrogens with zero attached hydrogens (tertiary/aromatic N) is 1. The minimum absolute atomic E-state index is 0.00120. The Kier molecular flexibility index (Phi) is 5.64. The van der Waals surface area contributed by atoms with Gasteiger partial charge in [-0.25, -0.2) is 12.7 Å². The van der Waals surface area contributed by atoms with Crippen LogP contribution in [0.3, 0.4) is 0 Å². The molecule has 0 spiro atoms. The van der Waals surface area contributed by atoms with Crippen LogP contribution in [0.2, 0.25) is 0 Å².